The van der Waals surface area contributed by atoms with Crippen LogP contribution in [0.5, 0.6) is 0 Å². The molecule has 0 bridgehead atoms. The number of hydrogen-bond acceptors (Lipinski definition) is 4. The van der Waals surface area contributed by atoms with Crippen LogP contribution in [0.4, 0.5) is 0 Å². The Hall–Kier alpha value is -1.04. The molecule has 23 heavy (non-hydrogen) atoms. The van der Waals surface area contributed by atoms with E-state index in [-0.39, 0.29) is 23.9 Å². The van der Waals surface area contributed by atoms with Gasteiger partial charge in [0.15, 0.2) is 0 Å². The Morgan fingerprint density at radius 2 is 1.87 bits per heavy atom. The largest absolute Gasteiger partial charge is 0.391 e. The van der Waals surface area contributed by atoms with Crippen LogP contribution in [-0.2, 0) is 4.79 Å². The molecule has 0 saturated carbocycles. The lowest BCUT2D eigenvalue weighted by atomic mass is 9.89. The summed E-state index contributed by atoms with van der Waals surface area (Å²) in [5, 5.41) is 13.1. The molecule has 0 aromatic heterocycles. The topological polar surface area (TPSA) is 52.6 Å². The van der Waals surface area contributed by atoms with Gasteiger partial charge in [-0.3, -0.25) is 9.69 Å². The molecule has 1 aliphatic heterocycles. The van der Waals surface area contributed by atoms with Gasteiger partial charge >= 0.3 is 0 Å². The first-order valence-corrected chi connectivity index (χ1v) is 9.37. The van der Waals surface area contributed by atoms with Crippen molar-refractivity contribution >= 4 is 17.7 Å². The number of thioether (sulfide) groups is 1. The van der Waals surface area contributed by atoms with Crippen LogP contribution in [0.25, 0.3) is 0 Å². The van der Waals surface area contributed by atoms with Crippen LogP contribution in [-0.4, -0.2) is 53.2 Å². The number of rotatable bonds is 5. The number of carbonyl (C=O) groups excluding carboxylic acids is 1. The average Bonchev–Trinajstić information content (AvgIpc) is 2.54. The molecule has 128 valence electrons. The molecule has 1 amide bonds. The van der Waals surface area contributed by atoms with Crippen molar-refractivity contribution in [3.05, 3.63) is 35.9 Å². The Balaban J connectivity index is 2.08. The smallest absolute Gasteiger partial charge is 0.242 e. The van der Waals surface area contributed by atoms with Gasteiger partial charge in [0.2, 0.25) is 5.91 Å². The number of amides is 1. The van der Waals surface area contributed by atoms with Gasteiger partial charge in [-0.15, -0.1) is 0 Å². The lowest BCUT2D eigenvalue weighted by Crippen LogP contribution is -2.47. The molecular formula is C18H28N2O2S. The van der Waals surface area contributed by atoms with Crippen LogP contribution in [0.1, 0.15) is 32.4 Å². The average molecular weight is 337 g/mol. The second-order valence-corrected chi connectivity index (χ2v) is 8.31. The fraction of sp³-hybridized carbons (Fsp3) is 0.611. The summed E-state index contributed by atoms with van der Waals surface area (Å²) in [6.45, 7) is 8.04. The molecule has 1 aromatic carbocycles. The van der Waals surface area contributed by atoms with Gasteiger partial charge in [0.05, 0.1) is 6.10 Å². The summed E-state index contributed by atoms with van der Waals surface area (Å²) >= 11 is 1.93. The van der Waals surface area contributed by atoms with Gasteiger partial charge in [-0.05, 0) is 11.0 Å². The molecule has 4 nitrogen and oxygen atoms in total. The number of aliphatic hydroxyl groups is 1. The predicted molar refractivity (Wildman–Crippen MR) is 96.6 cm³/mol. The van der Waals surface area contributed by atoms with Crippen molar-refractivity contribution in [1.82, 2.24) is 10.2 Å². The van der Waals surface area contributed by atoms with E-state index in [1.165, 1.54) is 0 Å². The molecule has 0 aliphatic carbocycles. The number of aliphatic hydroxyl groups excluding tert-OH is 1. The summed E-state index contributed by atoms with van der Waals surface area (Å²) in [6, 6.07) is 9.65. The standard InChI is InChI=1S/C18H28N2O2S/c1-18(2,3)15(21)13-19-17(22)16(14-7-5-4-6-8-14)20-9-11-23-12-10-20/h4-8,15-16,21H,9-13H2,1-3H3,(H,19,22). The first-order valence-electron chi connectivity index (χ1n) is 8.22. The minimum atomic E-state index is -0.556. The zero-order valence-electron chi connectivity index (χ0n) is 14.3. The molecule has 5 heteroatoms. The van der Waals surface area contributed by atoms with Crippen LogP contribution in [0.15, 0.2) is 30.3 Å². The molecule has 0 spiro atoms. The molecular weight excluding hydrogens is 308 g/mol. The molecule has 1 fully saturated rings. The lowest BCUT2D eigenvalue weighted by molar-refractivity contribution is -0.127. The molecule has 2 atom stereocenters. The number of nitrogens with zero attached hydrogens (tertiary/aromatic N) is 1. The van der Waals surface area contributed by atoms with Gasteiger partial charge in [0.1, 0.15) is 6.04 Å². The van der Waals surface area contributed by atoms with Gasteiger partial charge in [-0.2, -0.15) is 11.8 Å². The molecule has 2 unspecified atom stereocenters. The van der Waals surface area contributed by atoms with E-state index in [9.17, 15) is 9.90 Å². The molecule has 0 radical (unpaired) electrons. The molecule has 1 heterocycles. The maximum atomic E-state index is 12.8. The van der Waals surface area contributed by atoms with Crippen LogP contribution in [0.2, 0.25) is 0 Å². The van der Waals surface area contributed by atoms with Crippen molar-refractivity contribution in [2.24, 2.45) is 5.41 Å². The fourth-order valence-corrected chi connectivity index (χ4v) is 3.53. The van der Waals surface area contributed by atoms with Crippen molar-refractivity contribution in [2.75, 3.05) is 31.1 Å². The third-order valence-corrected chi connectivity index (χ3v) is 5.19. The van der Waals surface area contributed by atoms with Crippen molar-refractivity contribution in [3.63, 3.8) is 0 Å². The summed E-state index contributed by atoms with van der Waals surface area (Å²) in [5.41, 5.74) is 0.777. The number of carbonyl (C=O) groups is 1. The van der Waals surface area contributed by atoms with Crippen molar-refractivity contribution in [3.8, 4) is 0 Å². The molecule has 1 aromatic rings. The van der Waals surface area contributed by atoms with E-state index in [0.29, 0.717) is 0 Å². The third kappa shape index (κ3) is 5.23. The van der Waals surface area contributed by atoms with Crippen molar-refractivity contribution in [1.29, 1.82) is 0 Å². The maximum absolute atomic E-state index is 12.8. The van der Waals surface area contributed by atoms with Gasteiger partial charge in [-0.1, -0.05) is 51.1 Å². The Bertz CT molecular complexity index is 495. The molecule has 2 rings (SSSR count). The van der Waals surface area contributed by atoms with E-state index in [2.05, 4.69) is 10.2 Å². The van der Waals surface area contributed by atoms with E-state index < -0.39 is 6.10 Å². The van der Waals surface area contributed by atoms with Gasteiger partial charge in [0.25, 0.3) is 0 Å². The van der Waals surface area contributed by atoms with E-state index in [4.69, 9.17) is 0 Å². The highest BCUT2D eigenvalue weighted by atomic mass is 32.2. The summed E-state index contributed by atoms with van der Waals surface area (Å²) in [7, 11) is 0. The van der Waals surface area contributed by atoms with E-state index in [1.54, 1.807) is 0 Å². The third-order valence-electron chi connectivity index (χ3n) is 4.24. The minimum Gasteiger partial charge on any atom is -0.391 e. The zero-order chi connectivity index (χ0) is 16.9. The minimum absolute atomic E-state index is 0.0219. The Kier molecular flexibility index (Phi) is 6.50. The summed E-state index contributed by atoms with van der Waals surface area (Å²) < 4.78 is 0. The van der Waals surface area contributed by atoms with E-state index in [1.807, 2.05) is 62.9 Å². The van der Waals surface area contributed by atoms with E-state index >= 15 is 0 Å². The maximum Gasteiger partial charge on any atom is 0.242 e. The van der Waals surface area contributed by atoms with Gasteiger partial charge in [-0.25, -0.2) is 0 Å². The summed E-state index contributed by atoms with van der Waals surface area (Å²) in [6.07, 6.45) is -0.556. The zero-order valence-corrected chi connectivity index (χ0v) is 15.1. The van der Waals surface area contributed by atoms with Crippen LogP contribution < -0.4 is 5.32 Å². The molecule has 1 saturated heterocycles. The second-order valence-electron chi connectivity index (χ2n) is 7.09. The Morgan fingerprint density at radius 1 is 1.26 bits per heavy atom. The lowest BCUT2D eigenvalue weighted by Gasteiger charge is -2.34. The summed E-state index contributed by atoms with van der Waals surface area (Å²) in [4.78, 5) is 15.0. The van der Waals surface area contributed by atoms with Crippen molar-refractivity contribution < 1.29 is 9.90 Å². The number of benzene rings is 1. The number of hydrogen-bond donors (Lipinski definition) is 2. The van der Waals surface area contributed by atoms with Crippen LogP contribution >= 0.6 is 11.8 Å². The quantitative estimate of drug-likeness (QED) is 0.866. The monoisotopic (exact) mass is 336 g/mol. The fourth-order valence-electron chi connectivity index (χ4n) is 2.60. The SMILES string of the molecule is CC(C)(C)C(O)CNC(=O)C(c1ccccc1)N1CCSCC1. The highest BCUT2D eigenvalue weighted by Crippen LogP contribution is 2.25. The van der Waals surface area contributed by atoms with Gasteiger partial charge < -0.3 is 10.4 Å². The second kappa shape index (κ2) is 8.18. The first kappa shape index (κ1) is 18.3. The van der Waals surface area contributed by atoms with Crippen LogP contribution in [0, 0.1) is 5.41 Å². The van der Waals surface area contributed by atoms with Gasteiger partial charge in [0, 0.05) is 31.1 Å². The molecule has 1 aliphatic rings. The Labute approximate surface area is 143 Å². The predicted octanol–water partition coefficient (Wildman–Crippen LogP) is 2.30. The highest BCUT2D eigenvalue weighted by Gasteiger charge is 2.30. The highest BCUT2D eigenvalue weighted by molar-refractivity contribution is 7.99. The normalized spacial score (nSPS) is 19.1. The van der Waals surface area contributed by atoms with Crippen molar-refractivity contribution in [2.45, 2.75) is 32.9 Å². The summed E-state index contributed by atoms with van der Waals surface area (Å²) in [5.74, 6) is 2.09. The number of nitrogens with one attached hydrogen (secondary N) is 1. The first-order chi connectivity index (χ1) is 10.9. The Morgan fingerprint density at radius 3 is 2.43 bits per heavy atom. The molecule has 2 N–H and O–H groups in total. The van der Waals surface area contributed by atoms with Crippen LogP contribution in [0.3, 0.4) is 0 Å². The van der Waals surface area contributed by atoms with E-state index in [0.717, 1.165) is 30.2 Å².